The van der Waals surface area contributed by atoms with Gasteiger partial charge in [-0.1, -0.05) is 5.16 Å². The zero-order valence-corrected chi connectivity index (χ0v) is 20.2. The van der Waals surface area contributed by atoms with E-state index in [0.29, 0.717) is 31.1 Å². The van der Waals surface area contributed by atoms with Gasteiger partial charge in [-0.05, 0) is 69.2 Å². The maximum atomic E-state index is 13.2. The first-order chi connectivity index (χ1) is 16.2. The molecule has 3 heterocycles. The molecule has 1 aliphatic heterocycles. The Bertz CT molecular complexity index is 1330. The van der Waals surface area contributed by atoms with Crippen LogP contribution < -0.4 is 0 Å². The molecule has 0 aliphatic carbocycles. The number of aromatic nitrogens is 2. The van der Waals surface area contributed by atoms with E-state index in [4.69, 9.17) is 4.52 Å². The highest BCUT2D eigenvalue weighted by atomic mass is 32.2. The summed E-state index contributed by atoms with van der Waals surface area (Å²) in [5.74, 6) is 0.735. The van der Waals surface area contributed by atoms with Crippen LogP contribution in [0.25, 0.3) is 11.9 Å². The van der Waals surface area contributed by atoms with E-state index in [-0.39, 0.29) is 23.9 Å². The third-order valence-corrected chi connectivity index (χ3v) is 7.85. The molecular formula is C24H27FN4O4S. The number of halogens is 1. The third kappa shape index (κ3) is 4.83. The third-order valence-electron chi connectivity index (χ3n) is 5.94. The van der Waals surface area contributed by atoms with E-state index < -0.39 is 15.8 Å². The lowest BCUT2D eigenvalue weighted by atomic mass is 10.2. The summed E-state index contributed by atoms with van der Waals surface area (Å²) >= 11 is 0. The zero-order valence-electron chi connectivity index (χ0n) is 19.4. The molecule has 34 heavy (non-hydrogen) atoms. The van der Waals surface area contributed by atoms with Crippen molar-refractivity contribution in [2.45, 2.75) is 32.1 Å². The molecule has 1 saturated heterocycles. The summed E-state index contributed by atoms with van der Waals surface area (Å²) in [7, 11) is -3.74. The van der Waals surface area contributed by atoms with Gasteiger partial charge >= 0.3 is 0 Å². The molecule has 2 aromatic heterocycles. The number of amides is 1. The standard InChI is InChI=1S/C24H27FN4O4S/c1-17-15-20(19(3)29(17)23-16-18(2)33-26-23)5-10-24(30)27-11-4-12-28(14-13-27)34(31,32)22-8-6-21(25)7-9-22/h5-10,15-16H,4,11-14H2,1-3H3. The molecule has 0 spiro atoms. The van der Waals surface area contributed by atoms with Crippen molar-refractivity contribution in [3.8, 4) is 5.82 Å². The predicted octanol–water partition coefficient (Wildman–Crippen LogP) is 3.47. The van der Waals surface area contributed by atoms with Crippen molar-refractivity contribution in [3.05, 3.63) is 71.0 Å². The van der Waals surface area contributed by atoms with Gasteiger partial charge in [0, 0.05) is 49.7 Å². The van der Waals surface area contributed by atoms with Crippen LogP contribution in [0.4, 0.5) is 4.39 Å². The second-order valence-corrected chi connectivity index (χ2v) is 10.3. The summed E-state index contributed by atoms with van der Waals surface area (Å²) in [6.07, 6.45) is 3.80. The van der Waals surface area contributed by atoms with Crippen LogP contribution in [0.1, 0.15) is 29.1 Å². The van der Waals surface area contributed by atoms with Gasteiger partial charge in [0.05, 0.1) is 4.90 Å². The minimum absolute atomic E-state index is 0.0474. The maximum Gasteiger partial charge on any atom is 0.246 e. The minimum Gasteiger partial charge on any atom is -0.360 e. The lowest BCUT2D eigenvalue weighted by molar-refractivity contribution is -0.125. The molecule has 0 radical (unpaired) electrons. The molecule has 1 aliphatic rings. The van der Waals surface area contributed by atoms with Gasteiger partial charge in [0.2, 0.25) is 15.9 Å². The first kappa shape index (κ1) is 23.9. The average Bonchev–Trinajstić information content (AvgIpc) is 3.22. The number of hydrogen-bond donors (Lipinski definition) is 0. The lowest BCUT2D eigenvalue weighted by Gasteiger charge is -2.21. The fourth-order valence-corrected chi connectivity index (χ4v) is 5.61. The summed E-state index contributed by atoms with van der Waals surface area (Å²) < 4.78 is 47.5. The molecule has 0 N–H and O–H groups in total. The number of carbonyl (C=O) groups excluding carboxylic acids is 1. The Balaban J connectivity index is 1.44. The second kappa shape index (κ2) is 9.55. The van der Waals surface area contributed by atoms with Crippen molar-refractivity contribution in [3.63, 3.8) is 0 Å². The maximum absolute atomic E-state index is 13.2. The molecule has 180 valence electrons. The molecule has 0 saturated carbocycles. The monoisotopic (exact) mass is 486 g/mol. The fourth-order valence-electron chi connectivity index (χ4n) is 4.14. The Kier molecular flexibility index (Phi) is 6.72. The number of nitrogens with zero attached hydrogens (tertiary/aromatic N) is 4. The Morgan fingerprint density at radius 2 is 1.79 bits per heavy atom. The average molecular weight is 487 g/mol. The van der Waals surface area contributed by atoms with E-state index in [0.717, 1.165) is 29.1 Å². The van der Waals surface area contributed by atoms with E-state index in [1.165, 1.54) is 22.5 Å². The van der Waals surface area contributed by atoms with Crippen LogP contribution in [-0.4, -0.2) is 59.4 Å². The van der Waals surface area contributed by atoms with E-state index in [9.17, 15) is 17.6 Å². The van der Waals surface area contributed by atoms with Gasteiger partial charge in [-0.15, -0.1) is 0 Å². The lowest BCUT2D eigenvalue weighted by Crippen LogP contribution is -2.36. The van der Waals surface area contributed by atoms with Crippen molar-refractivity contribution in [1.82, 2.24) is 18.9 Å². The van der Waals surface area contributed by atoms with Crippen LogP contribution in [-0.2, 0) is 14.8 Å². The first-order valence-electron chi connectivity index (χ1n) is 11.0. The van der Waals surface area contributed by atoms with Crippen LogP contribution in [0.2, 0.25) is 0 Å². The smallest absolute Gasteiger partial charge is 0.246 e. The van der Waals surface area contributed by atoms with Crippen molar-refractivity contribution >= 4 is 22.0 Å². The number of carbonyl (C=O) groups is 1. The van der Waals surface area contributed by atoms with Crippen molar-refractivity contribution in [1.29, 1.82) is 0 Å². The van der Waals surface area contributed by atoms with Gasteiger partial charge in [-0.2, -0.15) is 4.31 Å². The van der Waals surface area contributed by atoms with Gasteiger partial charge in [-0.25, -0.2) is 12.8 Å². The summed E-state index contributed by atoms with van der Waals surface area (Å²) in [6, 6.07) is 8.61. The molecule has 1 amide bonds. The van der Waals surface area contributed by atoms with Gasteiger partial charge in [0.25, 0.3) is 0 Å². The van der Waals surface area contributed by atoms with E-state index >= 15 is 0 Å². The highest BCUT2D eigenvalue weighted by Crippen LogP contribution is 2.22. The van der Waals surface area contributed by atoms with Crippen LogP contribution in [0.3, 0.4) is 0 Å². The topological polar surface area (TPSA) is 88.7 Å². The molecular weight excluding hydrogens is 459 g/mol. The van der Waals surface area contributed by atoms with Crippen LogP contribution >= 0.6 is 0 Å². The summed E-state index contributed by atoms with van der Waals surface area (Å²) in [5.41, 5.74) is 2.79. The molecule has 10 heteroatoms. The highest BCUT2D eigenvalue weighted by Gasteiger charge is 2.28. The Morgan fingerprint density at radius 1 is 1.06 bits per heavy atom. The van der Waals surface area contributed by atoms with Gasteiger partial charge in [0.15, 0.2) is 5.82 Å². The molecule has 1 fully saturated rings. The summed E-state index contributed by atoms with van der Waals surface area (Å²) in [4.78, 5) is 14.6. The zero-order chi connectivity index (χ0) is 24.5. The normalized spacial score (nSPS) is 15.7. The predicted molar refractivity (Wildman–Crippen MR) is 125 cm³/mol. The van der Waals surface area contributed by atoms with Crippen molar-refractivity contribution in [2.75, 3.05) is 26.2 Å². The number of hydrogen-bond acceptors (Lipinski definition) is 5. The molecule has 8 nitrogen and oxygen atoms in total. The van der Waals surface area contributed by atoms with E-state index in [1.54, 1.807) is 11.0 Å². The van der Waals surface area contributed by atoms with Crippen LogP contribution in [0, 0.1) is 26.6 Å². The van der Waals surface area contributed by atoms with E-state index in [2.05, 4.69) is 5.16 Å². The first-order valence-corrected chi connectivity index (χ1v) is 12.5. The van der Waals surface area contributed by atoms with E-state index in [1.807, 2.05) is 37.5 Å². The summed E-state index contributed by atoms with van der Waals surface area (Å²) in [6.45, 7) is 6.95. The SMILES string of the molecule is Cc1cc(-n2c(C)cc(C=CC(=O)N3CCCN(S(=O)(=O)c4ccc(F)cc4)CC3)c2C)no1. The number of benzene rings is 1. The quantitative estimate of drug-likeness (QED) is 0.516. The Hall–Kier alpha value is -3.24. The Morgan fingerprint density at radius 3 is 2.47 bits per heavy atom. The number of rotatable bonds is 5. The Labute approximate surface area is 198 Å². The van der Waals surface area contributed by atoms with Gasteiger partial charge < -0.3 is 9.42 Å². The molecule has 0 bridgehead atoms. The van der Waals surface area contributed by atoms with Gasteiger partial charge in [0.1, 0.15) is 11.6 Å². The van der Waals surface area contributed by atoms with Crippen LogP contribution in [0.5, 0.6) is 0 Å². The number of aryl methyl sites for hydroxylation is 2. The molecule has 0 atom stereocenters. The second-order valence-electron chi connectivity index (χ2n) is 8.33. The molecule has 4 rings (SSSR count). The largest absolute Gasteiger partial charge is 0.360 e. The minimum atomic E-state index is -3.74. The molecule has 0 unspecified atom stereocenters. The molecule has 3 aromatic rings. The highest BCUT2D eigenvalue weighted by molar-refractivity contribution is 7.89. The number of sulfonamides is 1. The van der Waals surface area contributed by atoms with Crippen molar-refractivity contribution < 1.29 is 22.1 Å². The van der Waals surface area contributed by atoms with Crippen molar-refractivity contribution in [2.24, 2.45) is 0 Å². The fraction of sp³-hybridized carbons (Fsp3) is 0.333. The molecule has 1 aromatic carbocycles. The summed E-state index contributed by atoms with van der Waals surface area (Å²) in [5, 5.41) is 4.07. The van der Waals surface area contributed by atoms with Crippen LogP contribution in [0.15, 0.2) is 51.9 Å². The van der Waals surface area contributed by atoms with Gasteiger partial charge in [-0.3, -0.25) is 9.36 Å².